The molecule has 2 aromatic rings. The van der Waals surface area contributed by atoms with Crippen LogP contribution in [0.15, 0.2) is 42.5 Å². The smallest absolute Gasteiger partial charge is 0.0575 e. The van der Waals surface area contributed by atoms with E-state index in [0.29, 0.717) is 10.0 Å². The molecular formula is C14H12Cl3N. The second kappa shape index (κ2) is 5.94. The summed E-state index contributed by atoms with van der Waals surface area (Å²) in [7, 11) is 1.90. The minimum absolute atomic E-state index is 0.0402. The van der Waals surface area contributed by atoms with Gasteiger partial charge in [0.15, 0.2) is 0 Å². The summed E-state index contributed by atoms with van der Waals surface area (Å²) >= 11 is 18.0. The fraction of sp³-hybridized carbons (Fsp3) is 0.143. The third kappa shape index (κ3) is 3.18. The van der Waals surface area contributed by atoms with Gasteiger partial charge in [0, 0.05) is 15.1 Å². The summed E-state index contributed by atoms with van der Waals surface area (Å²) in [5, 5.41) is 5.23. The van der Waals surface area contributed by atoms with E-state index in [1.54, 1.807) is 6.07 Å². The van der Waals surface area contributed by atoms with Gasteiger partial charge in [0.25, 0.3) is 0 Å². The molecule has 0 heterocycles. The van der Waals surface area contributed by atoms with Gasteiger partial charge in [-0.25, -0.2) is 0 Å². The minimum Gasteiger partial charge on any atom is -0.309 e. The topological polar surface area (TPSA) is 12.0 Å². The zero-order valence-corrected chi connectivity index (χ0v) is 12.0. The van der Waals surface area contributed by atoms with E-state index in [-0.39, 0.29) is 6.04 Å². The highest BCUT2D eigenvalue weighted by Gasteiger charge is 2.13. The number of halogens is 3. The average Bonchev–Trinajstić information content (AvgIpc) is 2.31. The van der Waals surface area contributed by atoms with Gasteiger partial charge in [0.1, 0.15) is 0 Å². The summed E-state index contributed by atoms with van der Waals surface area (Å²) in [5.74, 6) is 0. The van der Waals surface area contributed by atoms with Crippen LogP contribution in [0.5, 0.6) is 0 Å². The van der Waals surface area contributed by atoms with Crippen LogP contribution in [0.4, 0.5) is 0 Å². The van der Waals surface area contributed by atoms with Gasteiger partial charge in [-0.05, 0) is 48.5 Å². The van der Waals surface area contributed by atoms with Gasteiger partial charge in [-0.3, -0.25) is 0 Å². The molecule has 1 atom stereocenters. The molecule has 0 saturated heterocycles. The molecule has 0 amide bonds. The maximum absolute atomic E-state index is 6.03. The standard InChI is InChI=1S/C14H12Cl3N/c1-18-14(9-2-4-11(15)5-3-9)10-6-12(16)8-13(17)7-10/h2-8,14,18H,1H3. The van der Waals surface area contributed by atoms with E-state index >= 15 is 0 Å². The molecule has 4 heteroatoms. The summed E-state index contributed by atoms with van der Waals surface area (Å²) in [5.41, 5.74) is 2.14. The van der Waals surface area contributed by atoms with Crippen LogP contribution in [0, 0.1) is 0 Å². The van der Waals surface area contributed by atoms with E-state index in [9.17, 15) is 0 Å². The molecule has 2 rings (SSSR count). The van der Waals surface area contributed by atoms with Gasteiger partial charge >= 0.3 is 0 Å². The SMILES string of the molecule is CNC(c1ccc(Cl)cc1)c1cc(Cl)cc(Cl)c1. The molecule has 2 aromatic carbocycles. The summed E-state index contributed by atoms with van der Waals surface area (Å²) in [6.07, 6.45) is 0. The number of benzene rings is 2. The van der Waals surface area contributed by atoms with E-state index in [0.717, 1.165) is 16.1 Å². The quantitative estimate of drug-likeness (QED) is 0.845. The summed E-state index contributed by atoms with van der Waals surface area (Å²) < 4.78 is 0. The lowest BCUT2D eigenvalue weighted by Crippen LogP contribution is -2.17. The van der Waals surface area contributed by atoms with E-state index in [1.807, 2.05) is 43.4 Å². The Bertz CT molecular complexity index is 517. The van der Waals surface area contributed by atoms with Gasteiger partial charge in [-0.15, -0.1) is 0 Å². The van der Waals surface area contributed by atoms with Crippen LogP contribution < -0.4 is 5.32 Å². The van der Waals surface area contributed by atoms with E-state index in [4.69, 9.17) is 34.8 Å². The maximum Gasteiger partial charge on any atom is 0.0575 e. The molecule has 0 fully saturated rings. The maximum atomic E-state index is 6.03. The van der Waals surface area contributed by atoms with Crippen LogP contribution in [0.2, 0.25) is 15.1 Å². The average molecular weight is 301 g/mol. The second-order valence-electron chi connectivity index (χ2n) is 3.98. The third-order valence-corrected chi connectivity index (χ3v) is 3.40. The van der Waals surface area contributed by atoms with Gasteiger partial charge in [0.2, 0.25) is 0 Å². The van der Waals surface area contributed by atoms with Crippen LogP contribution in [-0.2, 0) is 0 Å². The summed E-state index contributed by atoms with van der Waals surface area (Å²) in [6, 6.07) is 13.3. The molecule has 0 spiro atoms. The molecule has 1 unspecified atom stereocenters. The zero-order chi connectivity index (χ0) is 13.1. The Balaban J connectivity index is 2.41. The van der Waals surface area contributed by atoms with Crippen molar-refractivity contribution in [3.05, 3.63) is 68.7 Å². The number of nitrogens with one attached hydrogen (secondary N) is 1. The lowest BCUT2D eigenvalue weighted by atomic mass is 9.99. The van der Waals surface area contributed by atoms with Crippen molar-refractivity contribution in [3.63, 3.8) is 0 Å². The molecule has 94 valence electrons. The van der Waals surface area contributed by atoms with Crippen molar-refractivity contribution >= 4 is 34.8 Å². The first-order chi connectivity index (χ1) is 8.60. The Hall–Kier alpha value is -0.730. The second-order valence-corrected chi connectivity index (χ2v) is 5.29. The number of hydrogen-bond donors (Lipinski definition) is 1. The predicted octanol–water partition coefficient (Wildman–Crippen LogP) is 4.96. The highest BCUT2D eigenvalue weighted by atomic mass is 35.5. The number of hydrogen-bond acceptors (Lipinski definition) is 1. The molecule has 0 aliphatic heterocycles. The molecule has 18 heavy (non-hydrogen) atoms. The highest BCUT2D eigenvalue weighted by Crippen LogP contribution is 2.28. The van der Waals surface area contributed by atoms with Crippen molar-refractivity contribution < 1.29 is 0 Å². The molecule has 0 aliphatic rings. The molecule has 0 aliphatic carbocycles. The Morgan fingerprint density at radius 2 is 1.33 bits per heavy atom. The molecule has 0 radical (unpaired) electrons. The fourth-order valence-corrected chi connectivity index (χ4v) is 2.59. The van der Waals surface area contributed by atoms with Gasteiger partial charge < -0.3 is 5.32 Å². The van der Waals surface area contributed by atoms with Crippen molar-refractivity contribution in [2.75, 3.05) is 7.05 Å². The van der Waals surface area contributed by atoms with E-state index < -0.39 is 0 Å². The zero-order valence-electron chi connectivity index (χ0n) is 9.75. The molecular weight excluding hydrogens is 289 g/mol. The Labute approximate surface area is 122 Å². The molecule has 1 nitrogen and oxygen atoms in total. The molecule has 0 aromatic heterocycles. The Morgan fingerprint density at radius 1 is 0.778 bits per heavy atom. The summed E-state index contributed by atoms with van der Waals surface area (Å²) in [4.78, 5) is 0. The van der Waals surface area contributed by atoms with E-state index in [1.165, 1.54) is 0 Å². The normalized spacial score (nSPS) is 12.4. The molecule has 0 saturated carbocycles. The van der Waals surface area contributed by atoms with Crippen molar-refractivity contribution in [2.45, 2.75) is 6.04 Å². The first-order valence-corrected chi connectivity index (χ1v) is 6.62. The van der Waals surface area contributed by atoms with Crippen molar-refractivity contribution in [1.82, 2.24) is 5.32 Å². The third-order valence-electron chi connectivity index (χ3n) is 2.71. The van der Waals surface area contributed by atoms with Crippen LogP contribution in [0.25, 0.3) is 0 Å². The van der Waals surface area contributed by atoms with Gasteiger partial charge in [0.05, 0.1) is 6.04 Å². The van der Waals surface area contributed by atoms with Crippen molar-refractivity contribution in [3.8, 4) is 0 Å². The van der Waals surface area contributed by atoms with Crippen molar-refractivity contribution in [1.29, 1.82) is 0 Å². The first kappa shape index (κ1) is 13.7. The minimum atomic E-state index is 0.0402. The Kier molecular flexibility index (Phi) is 4.52. The van der Waals surface area contributed by atoms with Crippen LogP contribution >= 0.6 is 34.8 Å². The van der Waals surface area contributed by atoms with Gasteiger partial charge in [-0.1, -0.05) is 46.9 Å². The number of rotatable bonds is 3. The monoisotopic (exact) mass is 299 g/mol. The fourth-order valence-electron chi connectivity index (χ4n) is 1.92. The van der Waals surface area contributed by atoms with Crippen LogP contribution in [0.3, 0.4) is 0 Å². The van der Waals surface area contributed by atoms with E-state index in [2.05, 4.69) is 5.32 Å². The predicted molar refractivity (Wildman–Crippen MR) is 78.8 cm³/mol. The highest BCUT2D eigenvalue weighted by molar-refractivity contribution is 6.34. The van der Waals surface area contributed by atoms with Gasteiger partial charge in [-0.2, -0.15) is 0 Å². The summed E-state index contributed by atoms with van der Waals surface area (Å²) in [6.45, 7) is 0. The van der Waals surface area contributed by atoms with Crippen LogP contribution in [-0.4, -0.2) is 7.05 Å². The van der Waals surface area contributed by atoms with Crippen molar-refractivity contribution in [2.24, 2.45) is 0 Å². The molecule has 0 bridgehead atoms. The lowest BCUT2D eigenvalue weighted by molar-refractivity contribution is 0.692. The Morgan fingerprint density at radius 3 is 1.83 bits per heavy atom. The van der Waals surface area contributed by atoms with Crippen LogP contribution in [0.1, 0.15) is 17.2 Å². The first-order valence-electron chi connectivity index (χ1n) is 5.49. The largest absolute Gasteiger partial charge is 0.309 e. The lowest BCUT2D eigenvalue weighted by Gasteiger charge is -2.18. The molecule has 1 N–H and O–H groups in total.